The molecule has 1 atom stereocenters. The van der Waals surface area contributed by atoms with Crippen LogP contribution in [0.2, 0.25) is 0 Å². The first-order chi connectivity index (χ1) is 10.2. The number of carbonyl (C=O) groups is 1. The van der Waals surface area contributed by atoms with Crippen LogP contribution in [0.5, 0.6) is 5.75 Å². The maximum Gasteiger partial charge on any atom is 0.241 e. The molecule has 1 rings (SSSR count). The summed E-state index contributed by atoms with van der Waals surface area (Å²) in [6, 6.07) is 6.23. The van der Waals surface area contributed by atoms with Gasteiger partial charge in [-0.1, -0.05) is 19.9 Å². The Labute approximate surface area is 144 Å². The molecule has 1 aromatic carbocycles. The van der Waals surface area contributed by atoms with Gasteiger partial charge in [-0.05, 0) is 24.5 Å². The maximum absolute atomic E-state index is 11.9. The van der Waals surface area contributed by atoms with Gasteiger partial charge in [-0.25, -0.2) is 8.42 Å². The van der Waals surface area contributed by atoms with Gasteiger partial charge in [0.15, 0.2) is 9.84 Å². The van der Waals surface area contributed by atoms with E-state index in [1.165, 1.54) is 0 Å². The Bertz CT molecular complexity index is 605. The highest BCUT2D eigenvalue weighted by atomic mass is 35.5. The molecule has 0 fully saturated rings. The number of benzene rings is 1. The number of hydrogen-bond donors (Lipinski definition) is 2. The van der Waals surface area contributed by atoms with Crippen molar-refractivity contribution in [2.24, 2.45) is 11.7 Å². The molecular formula is C15H25ClN2O4S. The molecule has 0 aromatic heterocycles. The van der Waals surface area contributed by atoms with Gasteiger partial charge in [0.2, 0.25) is 5.91 Å². The third-order valence-electron chi connectivity index (χ3n) is 2.89. The Morgan fingerprint density at radius 2 is 2.00 bits per heavy atom. The van der Waals surface area contributed by atoms with Gasteiger partial charge in [-0.15, -0.1) is 12.4 Å². The number of sulfone groups is 1. The topological polar surface area (TPSA) is 98.5 Å². The fourth-order valence-electron chi connectivity index (χ4n) is 1.82. The van der Waals surface area contributed by atoms with Crippen molar-refractivity contribution in [1.82, 2.24) is 0 Å². The van der Waals surface area contributed by atoms with E-state index in [0.717, 1.165) is 6.26 Å². The third-order valence-corrected chi connectivity index (χ3v) is 3.79. The summed E-state index contributed by atoms with van der Waals surface area (Å²) in [4.78, 5) is 11.9. The third kappa shape index (κ3) is 9.43. The molecular weight excluding hydrogens is 340 g/mol. The second kappa shape index (κ2) is 9.75. The maximum atomic E-state index is 11.9. The van der Waals surface area contributed by atoms with E-state index < -0.39 is 15.9 Å². The zero-order valence-electron chi connectivity index (χ0n) is 13.6. The summed E-state index contributed by atoms with van der Waals surface area (Å²) in [7, 11) is -3.06. The van der Waals surface area contributed by atoms with E-state index in [1.807, 2.05) is 13.8 Å². The highest BCUT2D eigenvalue weighted by Crippen LogP contribution is 2.18. The molecule has 0 aliphatic heterocycles. The molecule has 0 heterocycles. The molecule has 0 unspecified atom stereocenters. The van der Waals surface area contributed by atoms with Crippen molar-refractivity contribution in [3.63, 3.8) is 0 Å². The van der Waals surface area contributed by atoms with Gasteiger partial charge in [0.1, 0.15) is 12.4 Å². The molecule has 8 heteroatoms. The number of anilines is 1. The lowest BCUT2D eigenvalue weighted by Gasteiger charge is -2.14. The minimum Gasteiger partial charge on any atom is -0.492 e. The molecule has 0 spiro atoms. The van der Waals surface area contributed by atoms with Crippen molar-refractivity contribution in [3.05, 3.63) is 24.3 Å². The summed E-state index contributed by atoms with van der Waals surface area (Å²) in [5, 5.41) is 2.73. The summed E-state index contributed by atoms with van der Waals surface area (Å²) in [6.45, 7) is 4.08. The van der Waals surface area contributed by atoms with Crippen LogP contribution >= 0.6 is 12.4 Å². The number of halogens is 1. The van der Waals surface area contributed by atoms with Crippen molar-refractivity contribution in [1.29, 1.82) is 0 Å². The first-order valence-corrected chi connectivity index (χ1v) is 9.20. The minimum atomic E-state index is -3.06. The van der Waals surface area contributed by atoms with Crippen LogP contribution in [0.25, 0.3) is 0 Å². The molecule has 0 aliphatic rings. The Balaban J connectivity index is 0.00000484. The standard InChI is InChI=1S/C15H24N2O4S.ClH/c1-11(2)9-14(16)15(18)17-12-5-4-6-13(10-12)21-7-8-22(3,19)20;/h4-6,10-11,14H,7-9,16H2,1-3H3,(H,17,18);1H/t14-;/m0./s1. The monoisotopic (exact) mass is 364 g/mol. The minimum absolute atomic E-state index is 0. The number of rotatable bonds is 8. The van der Waals surface area contributed by atoms with Gasteiger partial charge in [-0.3, -0.25) is 4.79 Å². The number of carbonyl (C=O) groups excluding carboxylic acids is 1. The molecule has 0 radical (unpaired) electrons. The normalized spacial score (nSPS) is 12.4. The average Bonchev–Trinajstić information content (AvgIpc) is 2.36. The van der Waals surface area contributed by atoms with E-state index in [-0.39, 0.29) is 30.7 Å². The van der Waals surface area contributed by atoms with Gasteiger partial charge in [0.05, 0.1) is 11.8 Å². The van der Waals surface area contributed by atoms with Crippen LogP contribution in [0.3, 0.4) is 0 Å². The molecule has 3 N–H and O–H groups in total. The van der Waals surface area contributed by atoms with Crippen molar-refractivity contribution in [2.45, 2.75) is 26.3 Å². The van der Waals surface area contributed by atoms with E-state index in [9.17, 15) is 13.2 Å². The van der Waals surface area contributed by atoms with Gasteiger partial charge >= 0.3 is 0 Å². The van der Waals surface area contributed by atoms with Crippen LogP contribution < -0.4 is 15.8 Å². The molecule has 6 nitrogen and oxygen atoms in total. The number of nitrogens with one attached hydrogen (secondary N) is 1. The number of amides is 1. The molecule has 1 amide bonds. The van der Waals surface area contributed by atoms with E-state index in [4.69, 9.17) is 10.5 Å². The first-order valence-electron chi connectivity index (χ1n) is 7.14. The van der Waals surface area contributed by atoms with Crippen molar-refractivity contribution >= 4 is 33.8 Å². The molecule has 132 valence electrons. The van der Waals surface area contributed by atoms with Crippen molar-refractivity contribution in [3.8, 4) is 5.75 Å². The van der Waals surface area contributed by atoms with Crippen LogP contribution in [0.4, 0.5) is 5.69 Å². The van der Waals surface area contributed by atoms with E-state index >= 15 is 0 Å². The SMILES string of the molecule is CC(C)C[C@H](N)C(=O)Nc1cccc(OCCS(C)(=O)=O)c1.Cl. The fourth-order valence-corrected chi connectivity index (χ4v) is 2.21. The Morgan fingerprint density at radius 3 is 2.57 bits per heavy atom. The summed E-state index contributed by atoms with van der Waals surface area (Å²) >= 11 is 0. The average molecular weight is 365 g/mol. The lowest BCUT2D eigenvalue weighted by molar-refractivity contribution is -0.117. The van der Waals surface area contributed by atoms with Gasteiger partial charge < -0.3 is 15.8 Å². The van der Waals surface area contributed by atoms with Crippen LogP contribution in [0.1, 0.15) is 20.3 Å². The zero-order valence-corrected chi connectivity index (χ0v) is 15.2. The Hall–Kier alpha value is -1.31. The molecule has 1 aromatic rings. The van der Waals surface area contributed by atoms with E-state index in [0.29, 0.717) is 23.8 Å². The van der Waals surface area contributed by atoms with Gasteiger partial charge in [0.25, 0.3) is 0 Å². The summed E-state index contributed by atoms with van der Waals surface area (Å²) < 4.78 is 27.5. The van der Waals surface area contributed by atoms with E-state index in [2.05, 4.69) is 5.32 Å². The van der Waals surface area contributed by atoms with Gasteiger partial charge in [-0.2, -0.15) is 0 Å². The van der Waals surface area contributed by atoms with Crippen LogP contribution in [0, 0.1) is 5.92 Å². The second-order valence-corrected chi connectivity index (χ2v) is 7.99. The van der Waals surface area contributed by atoms with E-state index in [1.54, 1.807) is 24.3 Å². The summed E-state index contributed by atoms with van der Waals surface area (Å²) in [5.41, 5.74) is 6.39. The summed E-state index contributed by atoms with van der Waals surface area (Å²) in [6.07, 6.45) is 1.76. The predicted molar refractivity (Wildman–Crippen MR) is 95.0 cm³/mol. The van der Waals surface area contributed by atoms with Crippen molar-refractivity contribution in [2.75, 3.05) is 23.9 Å². The Morgan fingerprint density at radius 1 is 1.35 bits per heavy atom. The van der Waals surface area contributed by atoms with Gasteiger partial charge in [0, 0.05) is 18.0 Å². The smallest absolute Gasteiger partial charge is 0.241 e. The first kappa shape index (κ1) is 21.7. The molecule has 23 heavy (non-hydrogen) atoms. The number of nitrogens with two attached hydrogens (primary N) is 1. The highest BCUT2D eigenvalue weighted by Gasteiger charge is 2.15. The van der Waals surface area contributed by atoms with Crippen LogP contribution in [-0.2, 0) is 14.6 Å². The summed E-state index contributed by atoms with van der Waals surface area (Å²) in [5.74, 6) is 0.537. The largest absolute Gasteiger partial charge is 0.492 e. The Kier molecular flexibility index (Phi) is 9.19. The number of ether oxygens (including phenoxy) is 1. The predicted octanol–water partition coefficient (Wildman–Crippen LogP) is 1.84. The van der Waals surface area contributed by atoms with Crippen LogP contribution in [0.15, 0.2) is 24.3 Å². The molecule has 0 bridgehead atoms. The van der Waals surface area contributed by atoms with Crippen molar-refractivity contribution < 1.29 is 17.9 Å². The fraction of sp³-hybridized carbons (Fsp3) is 0.533. The highest BCUT2D eigenvalue weighted by molar-refractivity contribution is 7.90. The van der Waals surface area contributed by atoms with Crippen LogP contribution in [-0.4, -0.2) is 39.0 Å². The lowest BCUT2D eigenvalue weighted by Crippen LogP contribution is -2.36. The molecule has 0 saturated carbocycles. The quantitative estimate of drug-likeness (QED) is 0.733. The molecule has 0 saturated heterocycles. The molecule has 0 aliphatic carbocycles. The zero-order chi connectivity index (χ0) is 16.8. The number of hydrogen-bond acceptors (Lipinski definition) is 5. The second-order valence-electron chi connectivity index (χ2n) is 5.73. The lowest BCUT2D eigenvalue weighted by atomic mass is 10.0.